The molecule has 0 radical (unpaired) electrons. The van der Waals surface area contributed by atoms with Gasteiger partial charge in [0.2, 0.25) is 5.91 Å². The fourth-order valence-electron chi connectivity index (χ4n) is 1.37. The number of aliphatic hydroxyl groups excluding tert-OH is 2. The Morgan fingerprint density at radius 2 is 1.16 bits per heavy atom. The minimum absolute atomic E-state index is 0.0794. The second kappa shape index (κ2) is 19.6. The van der Waals surface area contributed by atoms with Crippen molar-refractivity contribution in [3.63, 3.8) is 0 Å². The van der Waals surface area contributed by atoms with Crippen LogP contribution in [0, 0.1) is 0 Å². The zero-order valence-electron chi connectivity index (χ0n) is 17.9. The Morgan fingerprint density at radius 3 is 1.52 bits per heavy atom. The highest BCUT2D eigenvalue weighted by molar-refractivity contribution is 6.28. The first kappa shape index (κ1) is 29.5. The van der Waals surface area contributed by atoms with Gasteiger partial charge in [-0.15, -0.1) is 0 Å². The van der Waals surface area contributed by atoms with Gasteiger partial charge in [0.25, 0.3) is 0 Å². The molecule has 0 atom stereocenters. The van der Waals surface area contributed by atoms with Crippen LogP contribution in [0.5, 0.6) is 0 Å². The van der Waals surface area contributed by atoms with E-state index in [2.05, 4.69) is 26.4 Å². The molecule has 0 aromatic heterocycles. The van der Waals surface area contributed by atoms with Gasteiger partial charge < -0.3 is 20.6 Å². The molecule has 0 saturated heterocycles. The summed E-state index contributed by atoms with van der Waals surface area (Å²) in [7, 11) is 1.51. The topological polar surface area (TPSA) is 190 Å². The number of nitrogens with one attached hydrogen (secondary N) is 3. The zero-order chi connectivity index (χ0) is 24.1. The van der Waals surface area contributed by atoms with E-state index in [0.29, 0.717) is 12.8 Å². The molecule has 0 aliphatic carbocycles. The van der Waals surface area contributed by atoms with Gasteiger partial charge in [-0.2, -0.15) is 10.2 Å². The van der Waals surface area contributed by atoms with Crippen molar-refractivity contribution in [2.45, 2.75) is 52.4 Å². The Morgan fingerprint density at radius 1 is 0.742 bits per heavy atom. The van der Waals surface area contributed by atoms with E-state index in [9.17, 15) is 19.2 Å². The van der Waals surface area contributed by atoms with E-state index in [0.717, 1.165) is 12.4 Å². The first-order chi connectivity index (χ1) is 14.7. The molecular weight excluding hydrogens is 410 g/mol. The maximum atomic E-state index is 11.1. The van der Waals surface area contributed by atoms with E-state index in [1.807, 2.05) is 0 Å². The SMILES string of the molecule is CCC(O)=CNN=CC(=O)CCC(=O)NC.CCC(O)=CNN=CC(=O)CCC(=O)O. The Balaban J connectivity index is 0. The monoisotopic (exact) mass is 441 g/mol. The van der Waals surface area contributed by atoms with E-state index in [1.54, 1.807) is 13.8 Å². The Kier molecular flexibility index (Phi) is 18.7. The Labute approximate surface area is 180 Å². The lowest BCUT2D eigenvalue weighted by molar-refractivity contribution is -0.138. The number of allylic oxidation sites excluding steroid dienone is 2. The highest BCUT2D eigenvalue weighted by atomic mass is 16.4. The summed E-state index contributed by atoms with van der Waals surface area (Å²) in [6, 6.07) is 0. The van der Waals surface area contributed by atoms with Gasteiger partial charge in [-0.3, -0.25) is 30.0 Å². The lowest BCUT2D eigenvalue weighted by Crippen LogP contribution is -2.18. The number of carbonyl (C=O) groups excluding carboxylic acids is 3. The van der Waals surface area contributed by atoms with E-state index in [1.165, 1.54) is 19.4 Å². The molecule has 12 heteroatoms. The molecular formula is C19H31N5O7. The summed E-state index contributed by atoms with van der Waals surface area (Å²) >= 11 is 0. The van der Waals surface area contributed by atoms with E-state index in [4.69, 9.17) is 15.3 Å². The fraction of sp³-hybridized carbons (Fsp3) is 0.474. The predicted molar refractivity (Wildman–Crippen MR) is 115 cm³/mol. The molecule has 0 aromatic rings. The van der Waals surface area contributed by atoms with Crippen LogP contribution in [-0.2, 0) is 19.2 Å². The van der Waals surface area contributed by atoms with Crippen molar-refractivity contribution < 1.29 is 34.5 Å². The second-order valence-electron chi connectivity index (χ2n) is 5.75. The number of carboxylic acids is 1. The number of hydrogen-bond donors (Lipinski definition) is 6. The molecule has 0 unspecified atom stereocenters. The highest BCUT2D eigenvalue weighted by Gasteiger charge is 2.03. The van der Waals surface area contributed by atoms with Gasteiger partial charge in [-0.1, -0.05) is 13.8 Å². The molecule has 0 fully saturated rings. The average molecular weight is 441 g/mol. The summed E-state index contributed by atoms with van der Waals surface area (Å²) in [5.41, 5.74) is 4.75. The molecule has 31 heavy (non-hydrogen) atoms. The van der Waals surface area contributed by atoms with Crippen molar-refractivity contribution in [2.75, 3.05) is 7.05 Å². The molecule has 0 saturated carbocycles. The van der Waals surface area contributed by atoms with Crippen LogP contribution in [0.3, 0.4) is 0 Å². The fourth-order valence-corrected chi connectivity index (χ4v) is 1.37. The van der Waals surface area contributed by atoms with Crippen molar-refractivity contribution in [2.24, 2.45) is 10.2 Å². The first-order valence-corrected chi connectivity index (χ1v) is 9.47. The van der Waals surface area contributed by atoms with Crippen LogP contribution >= 0.6 is 0 Å². The van der Waals surface area contributed by atoms with Crippen molar-refractivity contribution in [1.82, 2.24) is 16.2 Å². The first-order valence-electron chi connectivity index (χ1n) is 9.47. The number of carboxylic acid groups (broad SMARTS) is 1. The molecule has 0 rings (SSSR count). The van der Waals surface area contributed by atoms with Gasteiger partial charge in [0, 0.05) is 39.2 Å². The van der Waals surface area contributed by atoms with Crippen LogP contribution in [0.1, 0.15) is 52.4 Å². The number of nitrogens with zero attached hydrogens (tertiary/aromatic N) is 2. The van der Waals surface area contributed by atoms with E-state index >= 15 is 0 Å². The lowest BCUT2D eigenvalue weighted by atomic mass is 10.2. The zero-order valence-corrected chi connectivity index (χ0v) is 17.9. The summed E-state index contributed by atoms with van der Waals surface area (Å²) in [5, 5.41) is 35.7. The molecule has 174 valence electrons. The van der Waals surface area contributed by atoms with Crippen molar-refractivity contribution >= 4 is 35.9 Å². The Bertz CT molecular complexity index is 700. The van der Waals surface area contributed by atoms with Crippen LogP contribution in [-0.4, -0.2) is 58.2 Å². The minimum Gasteiger partial charge on any atom is -0.511 e. The average Bonchev–Trinajstić information content (AvgIpc) is 2.76. The molecule has 0 aromatic carbocycles. The lowest BCUT2D eigenvalue weighted by Gasteiger charge is -1.96. The number of aliphatic hydroxyl groups is 2. The number of hydrogen-bond acceptors (Lipinski definition) is 10. The van der Waals surface area contributed by atoms with Crippen LogP contribution in [0.4, 0.5) is 0 Å². The molecule has 0 aliphatic heterocycles. The molecule has 12 nitrogen and oxygen atoms in total. The van der Waals surface area contributed by atoms with Gasteiger partial charge in [-0.05, 0) is 0 Å². The smallest absolute Gasteiger partial charge is 0.303 e. The third-order valence-electron chi connectivity index (χ3n) is 3.22. The van der Waals surface area contributed by atoms with Crippen LogP contribution in [0.2, 0.25) is 0 Å². The van der Waals surface area contributed by atoms with Gasteiger partial charge in [0.15, 0.2) is 11.6 Å². The number of ketones is 2. The maximum Gasteiger partial charge on any atom is 0.303 e. The molecule has 1 amide bonds. The number of amides is 1. The molecule has 0 bridgehead atoms. The molecule has 6 N–H and O–H groups in total. The normalized spacial score (nSPS) is 11.6. The van der Waals surface area contributed by atoms with Crippen molar-refractivity contribution in [3.05, 3.63) is 23.9 Å². The molecule has 0 heterocycles. The third kappa shape index (κ3) is 22.5. The van der Waals surface area contributed by atoms with Crippen molar-refractivity contribution in [3.8, 4) is 0 Å². The standard InChI is InChI=1S/C10H17N3O3.C9H14N2O4/c1-3-8(14)6-12-13-7-9(15)4-5-10(16)11-2;1-2-7(12)5-10-11-6-8(13)3-4-9(14)15/h6-7,12,14H,3-5H2,1-2H3,(H,11,16);5-6,10,12H,2-4H2,1H3,(H,14,15). The largest absolute Gasteiger partial charge is 0.511 e. The number of carbonyl (C=O) groups is 4. The number of hydrazone groups is 2. The summed E-state index contributed by atoms with van der Waals surface area (Å²) in [4.78, 5) is 43.0. The molecule has 0 spiro atoms. The highest BCUT2D eigenvalue weighted by Crippen LogP contribution is 1.92. The van der Waals surface area contributed by atoms with Crippen LogP contribution in [0.25, 0.3) is 0 Å². The van der Waals surface area contributed by atoms with E-state index < -0.39 is 5.97 Å². The van der Waals surface area contributed by atoms with Crippen LogP contribution in [0.15, 0.2) is 34.1 Å². The summed E-state index contributed by atoms with van der Waals surface area (Å²) in [6.07, 6.45) is 5.56. The summed E-state index contributed by atoms with van der Waals surface area (Å²) in [6.45, 7) is 3.54. The Hall–Kier alpha value is -3.70. The number of rotatable bonds is 14. The predicted octanol–water partition coefficient (Wildman–Crippen LogP) is 1.27. The second-order valence-corrected chi connectivity index (χ2v) is 5.75. The van der Waals surface area contributed by atoms with Crippen molar-refractivity contribution in [1.29, 1.82) is 0 Å². The third-order valence-corrected chi connectivity index (χ3v) is 3.22. The summed E-state index contributed by atoms with van der Waals surface area (Å²) in [5.74, 6) is -1.57. The van der Waals surface area contributed by atoms with Gasteiger partial charge in [0.1, 0.15) is 11.5 Å². The molecule has 0 aliphatic rings. The van der Waals surface area contributed by atoms with Gasteiger partial charge in [0.05, 0.1) is 31.2 Å². The van der Waals surface area contributed by atoms with Crippen LogP contribution < -0.4 is 16.2 Å². The number of aliphatic carboxylic acids is 1. The van der Waals surface area contributed by atoms with E-state index in [-0.39, 0.29) is 54.7 Å². The van der Waals surface area contributed by atoms with Gasteiger partial charge in [-0.25, -0.2) is 0 Å². The quantitative estimate of drug-likeness (QED) is 0.131. The number of Topliss-reactive ketones (excluding diaryl/α,β-unsaturated/α-hetero) is 2. The minimum atomic E-state index is -1.02. The summed E-state index contributed by atoms with van der Waals surface area (Å²) < 4.78 is 0. The van der Waals surface area contributed by atoms with Gasteiger partial charge >= 0.3 is 5.97 Å². The maximum absolute atomic E-state index is 11.1.